The fraction of sp³-hybridized carbons (Fsp3) is 0.714. The molecule has 3 N–H and O–H groups in total. The number of urea groups is 1. The molecule has 6 heteroatoms. The molecule has 0 saturated heterocycles. The lowest BCUT2D eigenvalue weighted by Crippen LogP contribution is -2.45. The first kappa shape index (κ1) is 14.8. The third kappa shape index (κ3) is 4.23. The van der Waals surface area contributed by atoms with E-state index in [9.17, 15) is 9.90 Å². The molecule has 1 aliphatic carbocycles. The normalized spacial score (nSPS) is 23.1. The quantitative estimate of drug-likeness (QED) is 0.724. The zero-order chi connectivity index (χ0) is 14.4. The number of carbonyl (C=O) groups excluding carboxylic acids is 1. The molecule has 1 heterocycles. The molecule has 2 unspecified atom stereocenters. The Balaban J connectivity index is 1.80. The minimum atomic E-state index is -0.167. The number of rotatable bonds is 4. The lowest BCUT2D eigenvalue weighted by molar-refractivity contribution is 0.179. The average molecular weight is 280 g/mol. The molecular formula is C14H24N4O2. The number of hydrogen-bond donors (Lipinski definition) is 3. The summed E-state index contributed by atoms with van der Waals surface area (Å²) in [4.78, 5) is 11.9. The Morgan fingerprint density at radius 2 is 2.25 bits per heavy atom. The van der Waals surface area contributed by atoms with Gasteiger partial charge in [0, 0.05) is 43.9 Å². The van der Waals surface area contributed by atoms with Gasteiger partial charge in [-0.25, -0.2) is 4.79 Å². The van der Waals surface area contributed by atoms with E-state index in [4.69, 9.17) is 0 Å². The number of aryl methyl sites for hydroxylation is 1. The predicted molar refractivity (Wildman–Crippen MR) is 76.0 cm³/mol. The molecule has 1 saturated carbocycles. The van der Waals surface area contributed by atoms with Crippen LogP contribution in [0.3, 0.4) is 0 Å². The van der Waals surface area contributed by atoms with E-state index in [0.29, 0.717) is 6.54 Å². The van der Waals surface area contributed by atoms with Crippen LogP contribution < -0.4 is 10.6 Å². The van der Waals surface area contributed by atoms with Crippen molar-refractivity contribution in [3.05, 3.63) is 18.0 Å². The molecule has 0 aliphatic heterocycles. The van der Waals surface area contributed by atoms with Crippen molar-refractivity contribution < 1.29 is 9.90 Å². The Morgan fingerprint density at radius 3 is 2.95 bits per heavy atom. The molecule has 0 spiro atoms. The highest BCUT2D eigenvalue weighted by atomic mass is 16.3. The summed E-state index contributed by atoms with van der Waals surface area (Å²) in [6.07, 6.45) is 9.00. The van der Waals surface area contributed by atoms with E-state index in [1.807, 2.05) is 13.2 Å². The lowest BCUT2D eigenvalue weighted by atomic mass is 9.96. The molecule has 1 aliphatic rings. The van der Waals surface area contributed by atoms with Crippen LogP contribution in [0.25, 0.3) is 0 Å². The van der Waals surface area contributed by atoms with Crippen LogP contribution in [-0.4, -0.2) is 33.6 Å². The second-order valence-electron chi connectivity index (χ2n) is 5.54. The molecule has 0 radical (unpaired) electrons. The monoisotopic (exact) mass is 280 g/mol. The Bertz CT molecular complexity index is 433. The van der Waals surface area contributed by atoms with E-state index >= 15 is 0 Å². The maximum atomic E-state index is 11.9. The summed E-state index contributed by atoms with van der Waals surface area (Å²) < 4.78 is 1.71. The molecule has 1 aromatic heterocycles. The van der Waals surface area contributed by atoms with Crippen molar-refractivity contribution in [3.63, 3.8) is 0 Å². The average Bonchev–Trinajstić information content (AvgIpc) is 2.72. The zero-order valence-electron chi connectivity index (χ0n) is 12.0. The Kier molecular flexibility index (Phi) is 5.40. The SMILES string of the molecule is Cn1cc(CNC(=O)NC2CCCCCC2CO)cn1. The predicted octanol–water partition coefficient (Wildman–Crippen LogP) is 1.16. The largest absolute Gasteiger partial charge is 0.396 e. The number of nitrogens with zero attached hydrogens (tertiary/aromatic N) is 2. The maximum Gasteiger partial charge on any atom is 0.315 e. The second-order valence-corrected chi connectivity index (χ2v) is 5.54. The van der Waals surface area contributed by atoms with Crippen molar-refractivity contribution in [3.8, 4) is 0 Å². The molecule has 20 heavy (non-hydrogen) atoms. The molecule has 0 bridgehead atoms. The number of aromatic nitrogens is 2. The van der Waals surface area contributed by atoms with E-state index in [0.717, 1.165) is 31.2 Å². The number of hydrogen-bond acceptors (Lipinski definition) is 3. The van der Waals surface area contributed by atoms with Gasteiger partial charge in [-0.2, -0.15) is 5.10 Å². The van der Waals surface area contributed by atoms with Crippen molar-refractivity contribution >= 4 is 6.03 Å². The third-order valence-electron chi connectivity index (χ3n) is 3.92. The van der Waals surface area contributed by atoms with Crippen LogP contribution in [0.15, 0.2) is 12.4 Å². The summed E-state index contributed by atoms with van der Waals surface area (Å²) >= 11 is 0. The van der Waals surface area contributed by atoms with Gasteiger partial charge in [-0.05, 0) is 12.8 Å². The van der Waals surface area contributed by atoms with Crippen LogP contribution in [0.5, 0.6) is 0 Å². The summed E-state index contributed by atoms with van der Waals surface area (Å²) in [6.45, 7) is 0.615. The van der Waals surface area contributed by atoms with E-state index in [2.05, 4.69) is 15.7 Å². The Labute approximate surface area is 119 Å². The smallest absolute Gasteiger partial charge is 0.315 e. The van der Waals surface area contributed by atoms with Crippen molar-refractivity contribution in [1.82, 2.24) is 20.4 Å². The molecular weight excluding hydrogens is 256 g/mol. The van der Waals surface area contributed by atoms with E-state index in [1.165, 1.54) is 6.42 Å². The number of nitrogens with one attached hydrogen (secondary N) is 2. The number of amides is 2. The molecule has 112 valence electrons. The van der Waals surface area contributed by atoms with Crippen LogP contribution >= 0.6 is 0 Å². The fourth-order valence-electron chi connectivity index (χ4n) is 2.76. The molecule has 0 aromatic carbocycles. The van der Waals surface area contributed by atoms with E-state index in [1.54, 1.807) is 10.9 Å². The van der Waals surface area contributed by atoms with Gasteiger partial charge in [-0.1, -0.05) is 19.3 Å². The highest BCUT2D eigenvalue weighted by Gasteiger charge is 2.24. The van der Waals surface area contributed by atoms with Gasteiger partial charge in [0.2, 0.25) is 0 Å². The summed E-state index contributed by atoms with van der Waals surface area (Å²) in [5.41, 5.74) is 0.974. The van der Waals surface area contributed by atoms with E-state index in [-0.39, 0.29) is 24.6 Å². The highest BCUT2D eigenvalue weighted by molar-refractivity contribution is 5.74. The number of aliphatic hydroxyl groups is 1. The van der Waals surface area contributed by atoms with Crippen molar-refractivity contribution in [2.24, 2.45) is 13.0 Å². The lowest BCUT2D eigenvalue weighted by Gasteiger charge is -2.24. The fourth-order valence-corrected chi connectivity index (χ4v) is 2.76. The van der Waals surface area contributed by atoms with E-state index < -0.39 is 0 Å². The Hall–Kier alpha value is -1.56. The molecule has 1 fully saturated rings. The van der Waals surface area contributed by atoms with Crippen LogP contribution in [0, 0.1) is 5.92 Å². The van der Waals surface area contributed by atoms with Gasteiger partial charge < -0.3 is 15.7 Å². The molecule has 1 aromatic rings. The first-order valence-electron chi connectivity index (χ1n) is 7.32. The molecule has 6 nitrogen and oxygen atoms in total. The molecule has 2 rings (SSSR count). The van der Waals surface area contributed by atoms with Gasteiger partial charge in [0.25, 0.3) is 0 Å². The zero-order valence-corrected chi connectivity index (χ0v) is 12.0. The number of aliphatic hydroxyl groups excluding tert-OH is 1. The second kappa shape index (κ2) is 7.28. The minimum Gasteiger partial charge on any atom is -0.396 e. The Morgan fingerprint density at radius 1 is 1.45 bits per heavy atom. The van der Waals surface area contributed by atoms with Gasteiger partial charge in [-0.3, -0.25) is 4.68 Å². The van der Waals surface area contributed by atoms with Gasteiger partial charge in [0.05, 0.1) is 6.20 Å². The summed E-state index contributed by atoms with van der Waals surface area (Å²) in [7, 11) is 1.85. The van der Waals surface area contributed by atoms with Gasteiger partial charge in [0.1, 0.15) is 0 Å². The number of carbonyl (C=O) groups is 1. The van der Waals surface area contributed by atoms with Crippen LogP contribution in [0.1, 0.15) is 37.7 Å². The first-order chi connectivity index (χ1) is 9.69. The van der Waals surface area contributed by atoms with Gasteiger partial charge >= 0.3 is 6.03 Å². The third-order valence-corrected chi connectivity index (χ3v) is 3.92. The highest BCUT2D eigenvalue weighted by Crippen LogP contribution is 2.23. The van der Waals surface area contributed by atoms with Crippen molar-refractivity contribution in [2.45, 2.75) is 44.7 Å². The van der Waals surface area contributed by atoms with Crippen LogP contribution in [0.2, 0.25) is 0 Å². The summed E-state index contributed by atoms with van der Waals surface area (Å²) in [5, 5.41) is 19.3. The van der Waals surface area contributed by atoms with Crippen LogP contribution in [0.4, 0.5) is 4.79 Å². The minimum absolute atomic E-state index is 0.0800. The topological polar surface area (TPSA) is 79.2 Å². The molecule has 2 amide bonds. The summed E-state index contributed by atoms with van der Waals surface area (Å²) in [5.74, 6) is 0.182. The van der Waals surface area contributed by atoms with Crippen molar-refractivity contribution in [1.29, 1.82) is 0 Å². The standard InChI is InChI=1S/C14H24N4O2/c1-18-9-11(8-16-18)7-15-14(20)17-13-6-4-2-3-5-12(13)10-19/h8-9,12-13,19H,2-7,10H2,1H3,(H2,15,17,20). The van der Waals surface area contributed by atoms with Gasteiger partial charge in [-0.15, -0.1) is 0 Å². The van der Waals surface area contributed by atoms with Gasteiger partial charge in [0.15, 0.2) is 0 Å². The van der Waals surface area contributed by atoms with Crippen LogP contribution in [-0.2, 0) is 13.6 Å². The maximum absolute atomic E-state index is 11.9. The summed E-state index contributed by atoms with van der Waals surface area (Å²) in [6, 6.07) is -0.0874. The first-order valence-corrected chi connectivity index (χ1v) is 7.32. The molecule has 2 atom stereocenters. The van der Waals surface area contributed by atoms with Crippen molar-refractivity contribution in [2.75, 3.05) is 6.61 Å².